The van der Waals surface area contributed by atoms with E-state index in [0.29, 0.717) is 44.2 Å². The molecule has 166 valence electrons. The quantitative estimate of drug-likeness (QED) is 0.591. The maximum absolute atomic E-state index is 12.4. The van der Waals surface area contributed by atoms with Gasteiger partial charge in [0.15, 0.2) is 6.61 Å². The van der Waals surface area contributed by atoms with Crippen molar-refractivity contribution in [2.24, 2.45) is 0 Å². The van der Waals surface area contributed by atoms with Gasteiger partial charge in [-0.1, -0.05) is 18.2 Å². The number of esters is 1. The van der Waals surface area contributed by atoms with Crippen LogP contribution in [0.1, 0.15) is 16.3 Å². The smallest absolute Gasteiger partial charge is 0.374 e. The Labute approximate surface area is 184 Å². The first-order valence-electron chi connectivity index (χ1n) is 10.2. The summed E-state index contributed by atoms with van der Waals surface area (Å²) in [5.41, 5.74) is 0.716. The fraction of sp³-hybridized carbons (Fsp3) is 0.273. The largest absolute Gasteiger partial charge is 0.452 e. The Bertz CT molecular complexity index is 1060. The van der Waals surface area contributed by atoms with Crippen molar-refractivity contribution >= 4 is 23.6 Å². The minimum absolute atomic E-state index is 0.0300. The molecular formula is C22H23N5O5. The summed E-state index contributed by atoms with van der Waals surface area (Å²) in [6, 6.07) is 13.9. The number of amides is 3. The number of furan rings is 1. The summed E-state index contributed by atoms with van der Waals surface area (Å²) in [5.74, 6) is -0.435. The molecular weight excluding hydrogens is 414 g/mol. The Balaban J connectivity index is 1.20. The summed E-state index contributed by atoms with van der Waals surface area (Å²) in [5, 5.41) is 6.90. The van der Waals surface area contributed by atoms with Gasteiger partial charge in [0, 0.05) is 44.3 Å². The van der Waals surface area contributed by atoms with Crippen LogP contribution in [0.25, 0.3) is 0 Å². The molecule has 1 fully saturated rings. The molecule has 10 nitrogen and oxygen atoms in total. The number of carbonyl (C=O) groups excluding carboxylic acids is 3. The summed E-state index contributed by atoms with van der Waals surface area (Å²) in [4.78, 5) is 40.2. The number of anilines is 1. The van der Waals surface area contributed by atoms with Crippen LogP contribution in [0.15, 0.2) is 65.3 Å². The average Bonchev–Trinajstić information content (AvgIpc) is 3.51. The first-order valence-corrected chi connectivity index (χ1v) is 10.2. The Morgan fingerprint density at radius 1 is 0.969 bits per heavy atom. The Kier molecular flexibility index (Phi) is 6.49. The monoisotopic (exact) mass is 437 g/mol. The number of piperazine rings is 1. The third-order valence-corrected chi connectivity index (χ3v) is 5.01. The van der Waals surface area contributed by atoms with Crippen LogP contribution in [-0.4, -0.2) is 70.3 Å². The van der Waals surface area contributed by atoms with Gasteiger partial charge in [0.05, 0.1) is 6.54 Å². The molecule has 0 saturated carbocycles. The molecule has 0 unspecified atom stereocenters. The lowest BCUT2D eigenvalue weighted by atomic mass is 10.3. The standard InChI is InChI=1S/C22H23N5O5/c28-20(16-31-21(29)19-8-7-18(32-19)15-27-10-4-9-23-27)25-11-13-26(14-12-25)22(30)24-17-5-2-1-3-6-17/h1-10H,11-16H2,(H,24,30). The van der Waals surface area contributed by atoms with E-state index in [0.717, 1.165) is 0 Å². The van der Waals surface area contributed by atoms with Gasteiger partial charge in [-0.05, 0) is 30.3 Å². The fourth-order valence-corrected chi connectivity index (χ4v) is 3.30. The molecule has 3 aromatic rings. The van der Waals surface area contributed by atoms with Gasteiger partial charge in [0.1, 0.15) is 5.76 Å². The van der Waals surface area contributed by atoms with Crippen LogP contribution in [-0.2, 0) is 16.1 Å². The highest BCUT2D eigenvalue weighted by Gasteiger charge is 2.25. The van der Waals surface area contributed by atoms with Crippen molar-refractivity contribution in [3.63, 3.8) is 0 Å². The van der Waals surface area contributed by atoms with E-state index in [1.54, 1.807) is 39.0 Å². The molecule has 32 heavy (non-hydrogen) atoms. The summed E-state index contributed by atoms with van der Waals surface area (Å²) in [6.45, 7) is 1.53. The van der Waals surface area contributed by atoms with Crippen LogP contribution in [0.2, 0.25) is 0 Å². The molecule has 2 aromatic heterocycles. The van der Waals surface area contributed by atoms with E-state index in [4.69, 9.17) is 9.15 Å². The Hall–Kier alpha value is -4.08. The lowest BCUT2D eigenvalue weighted by Gasteiger charge is -2.34. The number of hydrogen-bond donors (Lipinski definition) is 1. The van der Waals surface area contributed by atoms with E-state index < -0.39 is 5.97 Å². The van der Waals surface area contributed by atoms with Gasteiger partial charge in [0.2, 0.25) is 5.76 Å². The summed E-state index contributed by atoms with van der Waals surface area (Å²) < 4.78 is 12.2. The molecule has 0 spiro atoms. The number of para-hydroxylation sites is 1. The zero-order valence-electron chi connectivity index (χ0n) is 17.3. The zero-order valence-corrected chi connectivity index (χ0v) is 17.3. The van der Waals surface area contributed by atoms with Crippen molar-refractivity contribution in [3.8, 4) is 0 Å². The van der Waals surface area contributed by atoms with Gasteiger partial charge >= 0.3 is 12.0 Å². The van der Waals surface area contributed by atoms with Crippen molar-refractivity contribution in [3.05, 3.63) is 72.4 Å². The Morgan fingerprint density at radius 3 is 2.44 bits per heavy atom. The molecule has 0 aliphatic carbocycles. The van der Waals surface area contributed by atoms with E-state index in [2.05, 4.69) is 10.4 Å². The SMILES string of the molecule is O=C(OCC(=O)N1CCN(C(=O)Nc2ccccc2)CC1)c1ccc(Cn2cccn2)o1. The highest BCUT2D eigenvalue weighted by molar-refractivity contribution is 5.90. The average molecular weight is 437 g/mol. The highest BCUT2D eigenvalue weighted by atomic mass is 16.5. The van der Waals surface area contributed by atoms with Crippen molar-refractivity contribution in [1.29, 1.82) is 0 Å². The summed E-state index contributed by atoms with van der Waals surface area (Å²) >= 11 is 0. The number of hydrogen-bond acceptors (Lipinski definition) is 6. The topological polar surface area (TPSA) is 110 Å². The number of nitrogens with one attached hydrogen (secondary N) is 1. The molecule has 1 N–H and O–H groups in total. The summed E-state index contributed by atoms with van der Waals surface area (Å²) in [7, 11) is 0. The van der Waals surface area contributed by atoms with Crippen molar-refractivity contribution in [1.82, 2.24) is 19.6 Å². The normalized spacial score (nSPS) is 13.6. The van der Waals surface area contributed by atoms with Gasteiger partial charge in [-0.15, -0.1) is 0 Å². The van der Waals surface area contributed by atoms with Crippen molar-refractivity contribution < 1.29 is 23.5 Å². The Morgan fingerprint density at radius 2 is 1.72 bits per heavy atom. The van der Waals surface area contributed by atoms with E-state index in [1.165, 1.54) is 6.07 Å². The van der Waals surface area contributed by atoms with Crippen molar-refractivity contribution in [2.75, 3.05) is 38.1 Å². The van der Waals surface area contributed by atoms with Crippen molar-refractivity contribution in [2.45, 2.75) is 6.54 Å². The van der Waals surface area contributed by atoms with Crippen LogP contribution < -0.4 is 5.32 Å². The van der Waals surface area contributed by atoms with E-state index >= 15 is 0 Å². The van der Waals surface area contributed by atoms with Gasteiger partial charge in [-0.2, -0.15) is 5.10 Å². The third-order valence-electron chi connectivity index (χ3n) is 5.01. The number of aromatic nitrogens is 2. The maximum Gasteiger partial charge on any atom is 0.374 e. The molecule has 1 aliphatic rings. The molecule has 0 atom stereocenters. The third kappa shape index (κ3) is 5.34. The molecule has 0 bridgehead atoms. The number of ether oxygens (including phenoxy) is 1. The second-order valence-corrected chi connectivity index (χ2v) is 7.21. The fourth-order valence-electron chi connectivity index (χ4n) is 3.30. The lowest BCUT2D eigenvalue weighted by Crippen LogP contribution is -2.52. The number of benzene rings is 1. The zero-order chi connectivity index (χ0) is 22.3. The van der Waals surface area contributed by atoms with Gasteiger partial charge in [-0.25, -0.2) is 9.59 Å². The van der Waals surface area contributed by atoms with Crippen LogP contribution in [0, 0.1) is 0 Å². The molecule has 1 aliphatic heterocycles. The predicted molar refractivity (Wildman–Crippen MR) is 114 cm³/mol. The highest BCUT2D eigenvalue weighted by Crippen LogP contribution is 2.12. The molecule has 10 heteroatoms. The number of rotatable bonds is 6. The van der Waals surface area contributed by atoms with Crippen LogP contribution >= 0.6 is 0 Å². The second kappa shape index (κ2) is 9.82. The summed E-state index contributed by atoms with van der Waals surface area (Å²) in [6.07, 6.45) is 3.43. The van der Waals surface area contributed by atoms with Gasteiger partial charge in [-0.3, -0.25) is 9.48 Å². The minimum atomic E-state index is -0.703. The maximum atomic E-state index is 12.4. The molecule has 3 amide bonds. The number of carbonyl (C=O) groups is 3. The van der Waals surface area contributed by atoms with Gasteiger partial charge < -0.3 is 24.3 Å². The van der Waals surface area contributed by atoms with Crippen LogP contribution in [0.4, 0.5) is 10.5 Å². The molecule has 4 rings (SSSR count). The van der Waals surface area contributed by atoms with Crippen LogP contribution in [0.3, 0.4) is 0 Å². The predicted octanol–water partition coefficient (Wildman–Crippen LogP) is 2.06. The number of nitrogens with zero attached hydrogens (tertiary/aromatic N) is 4. The van der Waals surface area contributed by atoms with E-state index in [1.807, 2.05) is 30.3 Å². The first kappa shape index (κ1) is 21.2. The molecule has 0 radical (unpaired) electrons. The first-order chi connectivity index (χ1) is 15.6. The molecule has 3 heterocycles. The lowest BCUT2D eigenvalue weighted by molar-refractivity contribution is -0.135. The minimum Gasteiger partial charge on any atom is -0.452 e. The van der Waals surface area contributed by atoms with E-state index in [-0.39, 0.29) is 24.3 Å². The van der Waals surface area contributed by atoms with E-state index in [9.17, 15) is 14.4 Å². The molecule has 1 saturated heterocycles. The number of urea groups is 1. The van der Waals surface area contributed by atoms with Crippen LogP contribution in [0.5, 0.6) is 0 Å². The van der Waals surface area contributed by atoms with Gasteiger partial charge in [0.25, 0.3) is 5.91 Å². The second-order valence-electron chi connectivity index (χ2n) is 7.21. The molecule has 1 aromatic carbocycles.